The van der Waals surface area contributed by atoms with Crippen molar-refractivity contribution in [2.24, 2.45) is 11.8 Å². The van der Waals surface area contributed by atoms with Crippen LogP contribution in [0.15, 0.2) is 0 Å². The van der Waals surface area contributed by atoms with Gasteiger partial charge in [-0.15, -0.1) is 0 Å². The van der Waals surface area contributed by atoms with Gasteiger partial charge in [-0.2, -0.15) is 0 Å². The molecule has 0 aromatic carbocycles. The van der Waals surface area contributed by atoms with E-state index in [0.717, 1.165) is 19.3 Å². The van der Waals surface area contributed by atoms with E-state index in [-0.39, 0.29) is 0 Å². The summed E-state index contributed by atoms with van der Waals surface area (Å²) in [6.07, 6.45) is 4.19. The minimum absolute atomic E-state index is 0.310. The Bertz CT molecular complexity index is 131. The Morgan fingerprint density at radius 3 is 2.45 bits per heavy atom. The van der Waals surface area contributed by atoms with Crippen molar-refractivity contribution in [2.45, 2.75) is 52.1 Å². The minimum Gasteiger partial charge on any atom is -0.229 e. The molecular weight excluding hydrogens is 136 g/mol. The van der Waals surface area contributed by atoms with Gasteiger partial charge < -0.3 is 0 Å². The summed E-state index contributed by atoms with van der Waals surface area (Å²) in [6.45, 7) is 6.32. The van der Waals surface area contributed by atoms with Crippen molar-refractivity contribution in [1.29, 1.82) is 0 Å². The second kappa shape index (κ2) is 3.14. The third-order valence-electron chi connectivity index (χ3n) is 3.04. The summed E-state index contributed by atoms with van der Waals surface area (Å²) >= 11 is 0. The van der Waals surface area contributed by atoms with Crippen LogP contribution in [0.2, 0.25) is 0 Å². The van der Waals surface area contributed by atoms with Gasteiger partial charge in [0.05, 0.1) is 0 Å². The molecule has 65 valence electrons. The van der Waals surface area contributed by atoms with Gasteiger partial charge in [-0.05, 0) is 24.7 Å². The molecule has 0 N–H and O–H groups in total. The number of hydrogen-bond acceptors (Lipinski definition) is 0. The van der Waals surface area contributed by atoms with Crippen LogP contribution in [-0.2, 0) is 5.11 Å². The number of hydrogen-bond donors (Lipinski definition) is 0. The predicted molar refractivity (Wildman–Crippen MR) is 45.9 cm³/mol. The van der Waals surface area contributed by atoms with Crippen LogP contribution in [-0.4, -0.2) is 5.60 Å². The van der Waals surface area contributed by atoms with Crippen molar-refractivity contribution in [3.8, 4) is 0 Å². The van der Waals surface area contributed by atoms with Crippen LogP contribution in [0.5, 0.6) is 0 Å². The molecule has 0 heterocycles. The topological polar surface area (TPSA) is 19.9 Å². The van der Waals surface area contributed by atoms with Gasteiger partial charge >= 0.3 is 0 Å². The largest absolute Gasteiger partial charge is 0.229 e. The van der Waals surface area contributed by atoms with Crippen molar-refractivity contribution in [3.63, 3.8) is 0 Å². The minimum atomic E-state index is -0.600. The fourth-order valence-corrected chi connectivity index (χ4v) is 2.07. The molecule has 1 heteroatoms. The van der Waals surface area contributed by atoms with Gasteiger partial charge in [-0.25, -0.2) is 5.11 Å². The SMILES string of the molecule is CC1CCCC([O])(C(C)C)C1. The van der Waals surface area contributed by atoms with Gasteiger partial charge in [0, 0.05) is 0 Å². The first-order valence-corrected chi connectivity index (χ1v) is 4.75. The summed E-state index contributed by atoms with van der Waals surface area (Å²) in [7, 11) is 0. The first-order valence-electron chi connectivity index (χ1n) is 4.75. The van der Waals surface area contributed by atoms with Gasteiger partial charge in [0.25, 0.3) is 0 Å². The molecule has 2 atom stereocenters. The fourth-order valence-electron chi connectivity index (χ4n) is 2.07. The molecule has 1 radical (unpaired) electrons. The van der Waals surface area contributed by atoms with E-state index in [1.54, 1.807) is 0 Å². The molecule has 1 aliphatic rings. The quantitative estimate of drug-likeness (QED) is 0.554. The molecule has 0 aliphatic heterocycles. The van der Waals surface area contributed by atoms with Crippen molar-refractivity contribution < 1.29 is 5.11 Å². The van der Waals surface area contributed by atoms with Crippen LogP contribution in [0.1, 0.15) is 46.5 Å². The zero-order valence-electron chi connectivity index (χ0n) is 7.89. The lowest BCUT2D eigenvalue weighted by Crippen LogP contribution is -2.38. The van der Waals surface area contributed by atoms with Crippen LogP contribution in [0.25, 0.3) is 0 Å². The second-order valence-corrected chi connectivity index (χ2v) is 4.42. The van der Waals surface area contributed by atoms with Gasteiger partial charge in [-0.3, -0.25) is 0 Å². The maximum atomic E-state index is 12.0. The zero-order chi connectivity index (χ0) is 8.48. The standard InChI is InChI=1S/C10H19O/c1-8(2)10(11)6-4-5-9(3)7-10/h8-9H,4-7H2,1-3H3. The van der Waals surface area contributed by atoms with Gasteiger partial charge in [0.1, 0.15) is 5.60 Å². The van der Waals surface area contributed by atoms with Gasteiger partial charge in [-0.1, -0.05) is 33.6 Å². The Labute approximate surface area is 69.8 Å². The van der Waals surface area contributed by atoms with Crippen LogP contribution in [0, 0.1) is 11.8 Å². The maximum Gasteiger partial charge on any atom is 0.106 e. The first-order chi connectivity index (χ1) is 5.04. The van der Waals surface area contributed by atoms with Crippen LogP contribution >= 0.6 is 0 Å². The van der Waals surface area contributed by atoms with E-state index < -0.39 is 5.60 Å². The smallest absolute Gasteiger partial charge is 0.106 e. The molecule has 2 unspecified atom stereocenters. The maximum absolute atomic E-state index is 12.0. The lowest BCUT2D eigenvalue weighted by Gasteiger charge is -2.36. The molecule has 1 saturated carbocycles. The average molecular weight is 155 g/mol. The molecule has 0 saturated heterocycles. The molecule has 0 bridgehead atoms. The first kappa shape index (κ1) is 9.05. The monoisotopic (exact) mass is 155 g/mol. The van der Waals surface area contributed by atoms with Crippen molar-refractivity contribution >= 4 is 0 Å². The summed E-state index contributed by atoms with van der Waals surface area (Å²) in [4.78, 5) is 0. The molecule has 0 amide bonds. The Balaban J connectivity index is 2.55. The average Bonchev–Trinajstić information content (AvgIpc) is 1.86. The Hall–Kier alpha value is -0.0400. The Morgan fingerprint density at radius 1 is 1.45 bits per heavy atom. The van der Waals surface area contributed by atoms with Crippen LogP contribution in [0.3, 0.4) is 0 Å². The molecule has 1 aliphatic carbocycles. The summed E-state index contributed by atoms with van der Waals surface area (Å²) in [5, 5.41) is 12.0. The third kappa shape index (κ3) is 1.96. The van der Waals surface area contributed by atoms with Crippen LogP contribution < -0.4 is 0 Å². The van der Waals surface area contributed by atoms with E-state index in [1.165, 1.54) is 6.42 Å². The lowest BCUT2D eigenvalue weighted by molar-refractivity contribution is -0.105. The number of rotatable bonds is 1. The fraction of sp³-hybridized carbons (Fsp3) is 1.00. The molecule has 0 aromatic heterocycles. The highest BCUT2D eigenvalue weighted by Gasteiger charge is 2.37. The molecule has 1 nitrogen and oxygen atoms in total. The summed E-state index contributed by atoms with van der Waals surface area (Å²) in [6, 6.07) is 0. The summed E-state index contributed by atoms with van der Waals surface area (Å²) in [5.74, 6) is 0.967. The summed E-state index contributed by atoms with van der Waals surface area (Å²) < 4.78 is 0. The molecule has 0 aromatic rings. The van der Waals surface area contributed by atoms with Crippen LogP contribution in [0.4, 0.5) is 0 Å². The molecule has 1 rings (SSSR count). The summed E-state index contributed by atoms with van der Waals surface area (Å²) in [5.41, 5.74) is -0.600. The van der Waals surface area contributed by atoms with Gasteiger partial charge in [0.2, 0.25) is 0 Å². The Morgan fingerprint density at radius 2 is 2.09 bits per heavy atom. The predicted octanol–water partition coefficient (Wildman–Crippen LogP) is 3.02. The normalized spacial score (nSPS) is 39.5. The second-order valence-electron chi connectivity index (χ2n) is 4.42. The highest BCUT2D eigenvalue weighted by Crippen LogP contribution is 2.37. The van der Waals surface area contributed by atoms with E-state index >= 15 is 0 Å². The van der Waals surface area contributed by atoms with E-state index in [2.05, 4.69) is 20.8 Å². The van der Waals surface area contributed by atoms with Gasteiger partial charge in [0.15, 0.2) is 0 Å². The molecular formula is C10H19O. The molecule has 0 spiro atoms. The van der Waals surface area contributed by atoms with Crippen molar-refractivity contribution in [1.82, 2.24) is 0 Å². The highest BCUT2D eigenvalue weighted by atomic mass is 16.3. The van der Waals surface area contributed by atoms with Crippen molar-refractivity contribution in [2.75, 3.05) is 0 Å². The lowest BCUT2D eigenvalue weighted by atomic mass is 9.73. The van der Waals surface area contributed by atoms with E-state index in [1.807, 2.05) is 0 Å². The van der Waals surface area contributed by atoms with Crippen molar-refractivity contribution in [3.05, 3.63) is 0 Å². The van der Waals surface area contributed by atoms with E-state index in [4.69, 9.17) is 0 Å². The zero-order valence-corrected chi connectivity index (χ0v) is 7.89. The molecule has 11 heavy (non-hydrogen) atoms. The van der Waals surface area contributed by atoms with E-state index in [0.29, 0.717) is 11.8 Å². The van der Waals surface area contributed by atoms with E-state index in [9.17, 15) is 5.11 Å². The highest BCUT2D eigenvalue weighted by molar-refractivity contribution is 4.86. The Kier molecular flexibility index (Phi) is 2.58. The third-order valence-corrected chi connectivity index (χ3v) is 3.04. The molecule has 1 fully saturated rings.